The standard InChI is InChI=1S/C18H17IN8O4/c19-18-24-14-15(25-17(29)10-4-2-1-3-5-10)21-8-22-16(14)27(18)13-6-11(12(7-28)31-13)30-9-23-26-20/h1-5,8,11-13,28H,6-7,9H2,(H,21,22,25,29)/t11-,12-,13-/m0/s1. The maximum atomic E-state index is 12.5. The predicted molar refractivity (Wildman–Crippen MR) is 117 cm³/mol. The van der Waals surface area contributed by atoms with Gasteiger partial charge in [-0.15, -0.1) is 0 Å². The highest BCUT2D eigenvalue weighted by atomic mass is 127. The van der Waals surface area contributed by atoms with Crippen LogP contribution in [0.25, 0.3) is 21.6 Å². The van der Waals surface area contributed by atoms with Gasteiger partial charge < -0.3 is 19.9 Å². The van der Waals surface area contributed by atoms with E-state index in [2.05, 4.69) is 30.3 Å². The van der Waals surface area contributed by atoms with E-state index in [0.717, 1.165) is 0 Å². The monoisotopic (exact) mass is 536 g/mol. The lowest BCUT2D eigenvalue weighted by Crippen LogP contribution is -2.27. The van der Waals surface area contributed by atoms with Crippen LogP contribution in [0.4, 0.5) is 5.82 Å². The van der Waals surface area contributed by atoms with E-state index in [1.807, 2.05) is 28.7 Å². The maximum absolute atomic E-state index is 12.5. The van der Waals surface area contributed by atoms with Crippen LogP contribution in [0.2, 0.25) is 0 Å². The van der Waals surface area contributed by atoms with Gasteiger partial charge in [-0.25, -0.2) is 15.0 Å². The average molecular weight is 536 g/mol. The van der Waals surface area contributed by atoms with Crippen molar-refractivity contribution < 1.29 is 19.4 Å². The Hall–Kier alpha value is -2.84. The second-order valence-electron chi connectivity index (χ2n) is 6.58. The Balaban J connectivity index is 1.61. The number of carbonyl (C=O) groups excluding carboxylic acids is 1. The minimum atomic E-state index is -0.591. The van der Waals surface area contributed by atoms with Gasteiger partial charge in [-0.05, 0) is 17.7 Å². The Morgan fingerprint density at radius 2 is 2.23 bits per heavy atom. The molecular formula is C18H17IN8O4. The van der Waals surface area contributed by atoms with Crippen molar-refractivity contribution in [3.63, 3.8) is 0 Å². The van der Waals surface area contributed by atoms with Crippen LogP contribution in [0.1, 0.15) is 23.0 Å². The van der Waals surface area contributed by atoms with Crippen molar-refractivity contribution in [2.24, 2.45) is 5.11 Å². The van der Waals surface area contributed by atoms with Gasteiger partial charge in [0.2, 0.25) is 0 Å². The summed E-state index contributed by atoms with van der Waals surface area (Å²) in [5.74, 6) is -0.0301. The number of aliphatic hydroxyl groups excluding tert-OH is 1. The second-order valence-corrected chi connectivity index (χ2v) is 7.54. The van der Waals surface area contributed by atoms with Crippen LogP contribution in [0.15, 0.2) is 41.8 Å². The van der Waals surface area contributed by atoms with Crippen molar-refractivity contribution in [3.8, 4) is 0 Å². The molecule has 0 unspecified atom stereocenters. The van der Waals surface area contributed by atoms with Crippen molar-refractivity contribution in [1.29, 1.82) is 0 Å². The molecule has 160 valence electrons. The predicted octanol–water partition coefficient (Wildman–Crippen LogP) is 2.62. The topological polar surface area (TPSA) is 160 Å². The number of aromatic nitrogens is 4. The van der Waals surface area contributed by atoms with E-state index in [1.165, 1.54) is 6.33 Å². The number of imidazole rings is 1. The third kappa shape index (κ3) is 4.45. The maximum Gasteiger partial charge on any atom is 0.256 e. The lowest BCUT2D eigenvalue weighted by molar-refractivity contribution is -0.0599. The van der Waals surface area contributed by atoms with Gasteiger partial charge in [0.1, 0.15) is 25.4 Å². The highest BCUT2D eigenvalue weighted by molar-refractivity contribution is 14.1. The second kappa shape index (κ2) is 9.53. The van der Waals surface area contributed by atoms with Crippen molar-refractivity contribution in [2.45, 2.75) is 24.9 Å². The van der Waals surface area contributed by atoms with Gasteiger partial charge in [0.15, 0.2) is 20.8 Å². The van der Waals surface area contributed by atoms with E-state index in [9.17, 15) is 9.90 Å². The molecular weight excluding hydrogens is 519 g/mol. The van der Waals surface area contributed by atoms with E-state index < -0.39 is 18.4 Å². The van der Waals surface area contributed by atoms with Gasteiger partial charge >= 0.3 is 0 Å². The molecule has 1 amide bonds. The Kier molecular flexibility index (Phi) is 6.58. The van der Waals surface area contributed by atoms with Crippen LogP contribution in [0, 0.1) is 3.83 Å². The fourth-order valence-electron chi connectivity index (χ4n) is 3.35. The highest BCUT2D eigenvalue weighted by Gasteiger charge is 2.38. The van der Waals surface area contributed by atoms with Crippen LogP contribution in [0.5, 0.6) is 0 Å². The molecule has 31 heavy (non-hydrogen) atoms. The van der Waals surface area contributed by atoms with Crippen LogP contribution in [-0.2, 0) is 9.47 Å². The van der Waals surface area contributed by atoms with E-state index in [4.69, 9.17) is 15.0 Å². The summed E-state index contributed by atoms with van der Waals surface area (Å²) in [5.41, 5.74) is 9.80. The molecule has 2 N–H and O–H groups in total. The summed E-state index contributed by atoms with van der Waals surface area (Å²) in [5, 5.41) is 15.8. The molecule has 1 fully saturated rings. The van der Waals surface area contributed by atoms with Gasteiger partial charge in [0.05, 0.1) is 12.7 Å². The number of hydrogen-bond acceptors (Lipinski definition) is 8. The van der Waals surface area contributed by atoms with Crippen molar-refractivity contribution in [1.82, 2.24) is 19.5 Å². The van der Waals surface area contributed by atoms with Crippen molar-refractivity contribution in [2.75, 3.05) is 18.7 Å². The Bertz CT molecular complexity index is 1130. The summed E-state index contributed by atoms with van der Waals surface area (Å²) in [6.45, 7) is -0.415. The molecule has 0 saturated carbocycles. The number of carbonyl (C=O) groups is 1. The van der Waals surface area contributed by atoms with Gasteiger partial charge in [-0.2, -0.15) is 0 Å². The van der Waals surface area contributed by atoms with E-state index in [-0.39, 0.29) is 25.1 Å². The third-order valence-electron chi connectivity index (χ3n) is 4.76. The first-order chi connectivity index (χ1) is 15.1. The lowest BCUT2D eigenvalue weighted by Gasteiger charge is -2.15. The first kappa shape index (κ1) is 21.4. The molecule has 1 aromatic carbocycles. The number of amides is 1. The van der Waals surface area contributed by atoms with E-state index in [0.29, 0.717) is 27.0 Å². The zero-order chi connectivity index (χ0) is 21.8. The summed E-state index contributed by atoms with van der Waals surface area (Å²) in [4.78, 5) is 28.2. The van der Waals surface area contributed by atoms with E-state index in [1.54, 1.807) is 28.8 Å². The van der Waals surface area contributed by atoms with Crippen molar-refractivity contribution in [3.05, 3.63) is 56.5 Å². The molecule has 3 atom stereocenters. The Morgan fingerprint density at radius 1 is 1.42 bits per heavy atom. The molecule has 1 aliphatic rings. The van der Waals surface area contributed by atoms with Crippen LogP contribution < -0.4 is 5.32 Å². The summed E-state index contributed by atoms with van der Waals surface area (Å²) >= 11 is 2.05. The van der Waals surface area contributed by atoms with Crippen LogP contribution >= 0.6 is 22.6 Å². The molecule has 3 heterocycles. The lowest BCUT2D eigenvalue weighted by atomic mass is 10.2. The normalized spacial score (nSPS) is 20.5. The fourth-order valence-corrected chi connectivity index (χ4v) is 4.13. The molecule has 0 aliphatic carbocycles. The number of rotatable bonds is 7. The summed E-state index contributed by atoms with van der Waals surface area (Å²) in [6.07, 6.45) is 0.158. The molecule has 12 nitrogen and oxygen atoms in total. The zero-order valence-corrected chi connectivity index (χ0v) is 18.2. The van der Waals surface area contributed by atoms with Crippen molar-refractivity contribution >= 4 is 45.5 Å². The zero-order valence-electron chi connectivity index (χ0n) is 16.0. The minimum Gasteiger partial charge on any atom is -0.394 e. The number of hydrogen-bond donors (Lipinski definition) is 2. The van der Waals surface area contributed by atoms with Crippen LogP contribution in [0.3, 0.4) is 0 Å². The number of nitrogens with zero attached hydrogens (tertiary/aromatic N) is 7. The molecule has 0 radical (unpaired) electrons. The smallest absolute Gasteiger partial charge is 0.256 e. The minimum absolute atomic E-state index is 0.159. The third-order valence-corrected chi connectivity index (χ3v) is 5.52. The summed E-state index contributed by atoms with van der Waals surface area (Å²) < 4.78 is 13.8. The molecule has 0 bridgehead atoms. The van der Waals surface area contributed by atoms with Crippen LogP contribution in [-0.4, -0.2) is 56.1 Å². The molecule has 3 aromatic rings. The SMILES string of the molecule is [N-]=[N+]=NCO[C@H]1C[C@@H](n2c(I)nc3c(NC(=O)c4ccccc4)ncnc32)O[C@H]1CO. The summed E-state index contributed by atoms with van der Waals surface area (Å²) in [7, 11) is 0. The summed E-state index contributed by atoms with van der Waals surface area (Å²) in [6, 6.07) is 8.78. The molecule has 1 saturated heterocycles. The number of halogens is 1. The highest BCUT2D eigenvalue weighted by Crippen LogP contribution is 2.35. The van der Waals surface area contributed by atoms with E-state index >= 15 is 0 Å². The molecule has 0 spiro atoms. The number of fused-ring (bicyclic) bond motifs is 1. The quantitative estimate of drug-likeness (QED) is 0.154. The molecule has 2 aromatic heterocycles. The Labute approximate surface area is 189 Å². The first-order valence-corrected chi connectivity index (χ1v) is 10.3. The van der Waals surface area contributed by atoms with Gasteiger partial charge in [0.25, 0.3) is 5.91 Å². The average Bonchev–Trinajstić information content (AvgIpc) is 3.34. The van der Waals surface area contributed by atoms with Gasteiger partial charge in [-0.3, -0.25) is 9.36 Å². The number of aliphatic hydroxyl groups is 1. The number of ether oxygens (including phenoxy) is 2. The Morgan fingerprint density at radius 3 is 2.97 bits per heavy atom. The molecule has 13 heteroatoms. The number of anilines is 1. The number of benzene rings is 1. The molecule has 4 rings (SSSR count). The molecule has 1 aliphatic heterocycles. The largest absolute Gasteiger partial charge is 0.394 e. The number of nitrogens with one attached hydrogen (secondary N) is 1. The van der Waals surface area contributed by atoms with Gasteiger partial charge in [0, 0.05) is 39.5 Å². The first-order valence-electron chi connectivity index (χ1n) is 9.26. The number of azide groups is 1. The fraction of sp³-hybridized carbons (Fsp3) is 0.333. The van der Waals surface area contributed by atoms with Gasteiger partial charge in [-0.1, -0.05) is 23.3 Å².